The summed E-state index contributed by atoms with van der Waals surface area (Å²) in [4.78, 5) is 37.9. The van der Waals surface area contributed by atoms with E-state index in [1.165, 1.54) is 12.4 Å². The number of amides is 2. The first kappa shape index (κ1) is 12.8. The SMILES string of the molecule is O=C1c2nccnc2C(=O)N1c1ccc2ccc(Cl)cc2n1. The molecule has 0 radical (unpaired) electrons. The zero-order valence-corrected chi connectivity index (χ0v) is 11.8. The molecule has 3 heterocycles. The summed E-state index contributed by atoms with van der Waals surface area (Å²) in [5.74, 6) is -0.825. The molecule has 0 N–H and O–H groups in total. The molecule has 0 aliphatic carbocycles. The molecule has 0 atom stereocenters. The summed E-state index contributed by atoms with van der Waals surface area (Å²) in [6.07, 6.45) is 2.75. The van der Waals surface area contributed by atoms with Gasteiger partial charge in [-0.05, 0) is 24.3 Å². The number of halogens is 1. The van der Waals surface area contributed by atoms with Crippen LogP contribution in [0.4, 0.5) is 5.82 Å². The molecule has 22 heavy (non-hydrogen) atoms. The van der Waals surface area contributed by atoms with E-state index in [0.29, 0.717) is 10.5 Å². The first-order chi connectivity index (χ1) is 10.6. The van der Waals surface area contributed by atoms with Crippen molar-refractivity contribution < 1.29 is 9.59 Å². The van der Waals surface area contributed by atoms with Crippen LogP contribution >= 0.6 is 11.6 Å². The van der Waals surface area contributed by atoms with Crippen LogP contribution in [0.25, 0.3) is 10.9 Å². The third kappa shape index (κ3) is 1.78. The van der Waals surface area contributed by atoms with Crippen molar-refractivity contribution in [2.75, 3.05) is 4.90 Å². The number of nitrogens with zero attached hydrogens (tertiary/aromatic N) is 4. The lowest BCUT2D eigenvalue weighted by molar-refractivity contribution is 0.0922. The third-order valence-electron chi connectivity index (χ3n) is 3.38. The largest absolute Gasteiger partial charge is 0.287 e. The Balaban J connectivity index is 1.86. The molecule has 7 heteroatoms. The van der Waals surface area contributed by atoms with Crippen molar-refractivity contribution in [1.82, 2.24) is 15.0 Å². The van der Waals surface area contributed by atoms with Crippen LogP contribution in [0.3, 0.4) is 0 Å². The van der Waals surface area contributed by atoms with Crippen LogP contribution in [0, 0.1) is 0 Å². The lowest BCUT2D eigenvalue weighted by Gasteiger charge is -2.12. The molecule has 6 nitrogen and oxygen atoms in total. The smallest absolute Gasteiger partial charge is 0.266 e. The van der Waals surface area contributed by atoms with E-state index in [4.69, 9.17) is 11.6 Å². The van der Waals surface area contributed by atoms with E-state index in [2.05, 4.69) is 15.0 Å². The van der Waals surface area contributed by atoms with Gasteiger partial charge in [0, 0.05) is 22.8 Å². The van der Waals surface area contributed by atoms with Crippen molar-refractivity contribution in [3.8, 4) is 0 Å². The zero-order chi connectivity index (χ0) is 15.3. The maximum absolute atomic E-state index is 12.3. The van der Waals surface area contributed by atoms with Crippen LogP contribution in [-0.4, -0.2) is 26.8 Å². The lowest BCUT2D eigenvalue weighted by Crippen LogP contribution is -2.30. The van der Waals surface area contributed by atoms with E-state index in [9.17, 15) is 9.59 Å². The van der Waals surface area contributed by atoms with Crippen molar-refractivity contribution in [2.24, 2.45) is 0 Å². The van der Waals surface area contributed by atoms with E-state index in [1.54, 1.807) is 24.3 Å². The van der Waals surface area contributed by atoms with E-state index in [0.717, 1.165) is 10.3 Å². The number of fused-ring (bicyclic) bond motifs is 2. The summed E-state index contributed by atoms with van der Waals surface area (Å²) >= 11 is 5.95. The third-order valence-corrected chi connectivity index (χ3v) is 3.61. The Kier molecular flexibility index (Phi) is 2.67. The maximum atomic E-state index is 12.3. The van der Waals surface area contributed by atoms with Gasteiger partial charge < -0.3 is 0 Å². The fourth-order valence-corrected chi connectivity index (χ4v) is 2.53. The molecule has 0 bridgehead atoms. The molecule has 2 amide bonds. The van der Waals surface area contributed by atoms with Crippen LogP contribution in [0.5, 0.6) is 0 Å². The number of pyridine rings is 1. The minimum absolute atomic E-state index is 0.0421. The second-order valence-corrected chi connectivity index (χ2v) is 5.14. The maximum Gasteiger partial charge on any atom is 0.287 e. The molecule has 3 aromatic rings. The Morgan fingerprint density at radius 1 is 0.909 bits per heavy atom. The van der Waals surface area contributed by atoms with Crippen LogP contribution < -0.4 is 4.90 Å². The number of carbonyl (C=O) groups is 2. The summed E-state index contributed by atoms with van der Waals surface area (Å²) in [5.41, 5.74) is 0.684. The monoisotopic (exact) mass is 310 g/mol. The highest BCUT2D eigenvalue weighted by molar-refractivity contribution is 6.33. The van der Waals surface area contributed by atoms with E-state index in [1.807, 2.05) is 6.07 Å². The fraction of sp³-hybridized carbons (Fsp3) is 0. The van der Waals surface area contributed by atoms with E-state index >= 15 is 0 Å². The van der Waals surface area contributed by atoms with Gasteiger partial charge >= 0.3 is 0 Å². The normalized spacial score (nSPS) is 13.8. The van der Waals surface area contributed by atoms with Crippen LogP contribution in [-0.2, 0) is 0 Å². The van der Waals surface area contributed by atoms with Crippen LogP contribution in [0.2, 0.25) is 5.02 Å². The topological polar surface area (TPSA) is 76.1 Å². The Hall–Kier alpha value is -2.86. The number of rotatable bonds is 1. The lowest BCUT2D eigenvalue weighted by atomic mass is 10.2. The van der Waals surface area contributed by atoms with Crippen molar-refractivity contribution in [1.29, 1.82) is 0 Å². The molecule has 106 valence electrons. The highest BCUT2D eigenvalue weighted by atomic mass is 35.5. The Labute approximate surface area is 129 Å². The van der Waals surface area contributed by atoms with Gasteiger partial charge in [-0.1, -0.05) is 17.7 Å². The number of carbonyl (C=O) groups excluding carboxylic acids is 2. The standard InChI is InChI=1S/C15H7ClN4O2/c16-9-3-1-8-2-4-11(19-10(8)7-9)20-14(21)12-13(15(20)22)18-6-5-17-12/h1-7H. The summed E-state index contributed by atoms with van der Waals surface area (Å²) in [6, 6.07) is 8.63. The quantitative estimate of drug-likeness (QED) is 0.645. The van der Waals surface area contributed by atoms with Crippen molar-refractivity contribution in [3.05, 3.63) is 59.1 Å². The molecule has 0 unspecified atom stereocenters. The van der Waals surface area contributed by atoms with E-state index < -0.39 is 11.8 Å². The van der Waals surface area contributed by atoms with Gasteiger partial charge in [0.05, 0.1) is 5.52 Å². The van der Waals surface area contributed by atoms with Gasteiger partial charge in [-0.2, -0.15) is 0 Å². The molecule has 0 fully saturated rings. The first-order valence-corrected chi connectivity index (χ1v) is 6.79. The number of benzene rings is 1. The molecule has 1 aromatic carbocycles. The molecular formula is C15H7ClN4O2. The molecule has 0 saturated carbocycles. The molecule has 1 aliphatic heterocycles. The molecular weight excluding hydrogens is 304 g/mol. The number of hydrogen-bond donors (Lipinski definition) is 0. The second kappa shape index (κ2) is 4.57. The number of imide groups is 1. The van der Waals surface area contributed by atoms with Crippen molar-refractivity contribution >= 4 is 40.1 Å². The molecule has 0 saturated heterocycles. The molecule has 1 aliphatic rings. The van der Waals surface area contributed by atoms with Gasteiger partial charge in [0.2, 0.25) is 0 Å². The second-order valence-electron chi connectivity index (χ2n) is 4.71. The Bertz CT molecular complexity index is 922. The van der Waals surface area contributed by atoms with Gasteiger partial charge in [0.1, 0.15) is 5.82 Å². The average molecular weight is 311 g/mol. The Morgan fingerprint density at radius 3 is 2.23 bits per heavy atom. The van der Waals surface area contributed by atoms with Crippen molar-refractivity contribution in [3.63, 3.8) is 0 Å². The van der Waals surface area contributed by atoms with Gasteiger partial charge in [-0.25, -0.2) is 19.9 Å². The zero-order valence-electron chi connectivity index (χ0n) is 11.0. The predicted octanol–water partition coefficient (Wildman–Crippen LogP) is 2.48. The van der Waals surface area contributed by atoms with Crippen LogP contribution in [0.1, 0.15) is 21.0 Å². The first-order valence-electron chi connectivity index (χ1n) is 6.41. The molecule has 0 spiro atoms. The predicted molar refractivity (Wildman–Crippen MR) is 79.9 cm³/mol. The van der Waals surface area contributed by atoms with E-state index in [-0.39, 0.29) is 17.2 Å². The van der Waals surface area contributed by atoms with Gasteiger partial charge in [-0.15, -0.1) is 0 Å². The summed E-state index contributed by atoms with van der Waals surface area (Å²) in [7, 11) is 0. The van der Waals surface area contributed by atoms with Crippen molar-refractivity contribution in [2.45, 2.75) is 0 Å². The number of hydrogen-bond acceptors (Lipinski definition) is 5. The highest BCUT2D eigenvalue weighted by Gasteiger charge is 2.40. The molecule has 4 rings (SSSR count). The number of aromatic nitrogens is 3. The summed E-state index contributed by atoms with van der Waals surface area (Å²) in [5, 5.41) is 1.39. The summed E-state index contributed by atoms with van der Waals surface area (Å²) < 4.78 is 0. The highest BCUT2D eigenvalue weighted by Crippen LogP contribution is 2.27. The molecule has 2 aromatic heterocycles. The van der Waals surface area contributed by atoms with Gasteiger partial charge in [0.15, 0.2) is 11.4 Å². The number of anilines is 1. The van der Waals surface area contributed by atoms with Gasteiger partial charge in [-0.3, -0.25) is 9.59 Å². The Morgan fingerprint density at radius 2 is 1.55 bits per heavy atom. The average Bonchev–Trinajstić information content (AvgIpc) is 2.79. The van der Waals surface area contributed by atoms with Crippen LogP contribution in [0.15, 0.2) is 42.7 Å². The minimum atomic E-state index is -0.526. The minimum Gasteiger partial charge on any atom is -0.266 e. The fourth-order valence-electron chi connectivity index (χ4n) is 2.37. The summed E-state index contributed by atoms with van der Waals surface area (Å²) in [6.45, 7) is 0. The van der Waals surface area contributed by atoms with Gasteiger partial charge in [0.25, 0.3) is 11.8 Å².